The van der Waals surface area contributed by atoms with E-state index in [4.69, 9.17) is 9.26 Å². The van der Waals surface area contributed by atoms with Gasteiger partial charge in [-0.2, -0.15) is 0 Å². The second-order valence-corrected chi connectivity index (χ2v) is 9.05. The fraction of sp³-hybridized carbons (Fsp3) is 0.105. The predicted octanol–water partition coefficient (Wildman–Crippen LogP) is 3.12. The van der Waals surface area contributed by atoms with Gasteiger partial charge in [0.2, 0.25) is 0 Å². The van der Waals surface area contributed by atoms with Crippen molar-refractivity contribution in [3.63, 3.8) is 0 Å². The molecular weight excluding hydrogens is 462 g/mol. The number of fused-ring (bicyclic) bond motifs is 1. The highest BCUT2D eigenvalue weighted by molar-refractivity contribution is 9.10. The van der Waals surface area contributed by atoms with Gasteiger partial charge in [-0.1, -0.05) is 21.1 Å². The van der Waals surface area contributed by atoms with Crippen molar-refractivity contribution in [2.24, 2.45) is 0 Å². The molecule has 2 aromatic heterocycles. The number of ether oxygens (including phenoxy) is 1. The van der Waals surface area contributed by atoms with Gasteiger partial charge in [0.05, 0.1) is 40.6 Å². The summed E-state index contributed by atoms with van der Waals surface area (Å²) in [4.78, 5) is 16.8. The van der Waals surface area contributed by atoms with Crippen molar-refractivity contribution in [2.45, 2.75) is 10.6 Å². The summed E-state index contributed by atoms with van der Waals surface area (Å²) in [7, 11) is -2.15. The molecule has 0 radical (unpaired) electrons. The lowest BCUT2D eigenvalue weighted by Crippen LogP contribution is -2.19. The monoisotopic (exact) mass is 475 g/mol. The van der Waals surface area contributed by atoms with Gasteiger partial charge in [-0.15, -0.1) is 0 Å². The first-order valence-corrected chi connectivity index (χ1v) is 10.8. The Hall–Kier alpha value is -2.98. The van der Waals surface area contributed by atoms with Crippen LogP contribution in [0.5, 0.6) is 5.75 Å². The molecule has 0 bridgehead atoms. The second kappa shape index (κ2) is 7.45. The van der Waals surface area contributed by atoms with Crippen molar-refractivity contribution in [1.82, 2.24) is 14.7 Å². The van der Waals surface area contributed by atoms with Crippen LogP contribution in [0.2, 0.25) is 0 Å². The molecule has 29 heavy (non-hydrogen) atoms. The zero-order valence-electron chi connectivity index (χ0n) is 15.1. The number of hydrogen-bond donors (Lipinski definition) is 0. The lowest BCUT2D eigenvalue weighted by molar-refractivity contribution is 0.412. The second-order valence-electron chi connectivity index (χ2n) is 6.15. The Kier molecular flexibility index (Phi) is 4.97. The lowest BCUT2D eigenvalue weighted by Gasteiger charge is -2.14. The molecule has 0 spiro atoms. The molecule has 2 heterocycles. The minimum atomic E-state index is -3.66. The van der Waals surface area contributed by atoms with Gasteiger partial charge in [-0.25, -0.2) is 13.4 Å². The zero-order chi connectivity index (χ0) is 20.6. The van der Waals surface area contributed by atoms with E-state index < -0.39 is 9.84 Å². The van der Waals surface area contributed by atoms with Gasteiger partial charge in [0, 0.05) is 10.5 Å². The molecule has 148 valence electrons. The Labute approximate surface area is 173 Å². The molecule has 0 saturated carbocycles. The standard InChI is InChI=1S/C19H14BrN3O5S/c1-27-18-8-12(20)2-4-17(18)23-16-5-3-14(9-15(16)21-10-19(23)24)29(25,26)11-13-6-7-28-22-13/h2-10H,11H2,1H3. The third-order valence-corrected chi connectivity index (χ3v) is 6.43. The third kappa shape index (κ3) is 3.68. The number of halogens is 1. The van der Waals surface area contributed by atoms with Gasteiger partial charge in [0.1, 0.15) is 17.8 Å². The average molecular weight is 476 g/mol. The molecule has 4 rings (SSSR count). The minimum Gasteiger partial charge on any atom is -0.495 e. The molecule has 0 N–H and O–H groups in total. The molecule has 0 saturated heterocycles. The quantitative estimate of drug-likeness (QED) is 0.436. The topological polar surface area (TPSA) is 104 Å². The van der Waals surface area contributed by atoms with E-state index in [1.807, 2.05) is 0 Å². The Bertz CT molecular complexity index is 1360. The fourth-order valence-corrected chi connectivity index (χ4v) is 4.58. The van der Waals surface area contributed by atoms with E-state index in [2.05, 4.69) is 26.1 Å². The molecule has 10 heteroatoms. The largest absolute Gasteiger partial charge is 0.495 e. The van der Waals surface area contributed by atoms with Gasteiger partial charge in [0.15, 0.2) is 9.84 Å². The van der Waals surface area contributed by atoms with Crippen molar-refractivity contribution < 1.29 is 17.7 Å². The van der Waals surface area contributed by atoms with Gasteiger partial charge < -0.3 is 9.26 Å². The van der Waals surface area contributed by atoms with Crippen molar-refractivity contribution >= 4 is 36.8 Å². The first kappa shape index (κ1) is 19.3. The van der Waals surface area contributed by atoms with Crippen LogP contribution in [0.25, 0.3) is 16.7 Å². The zero-order valence-corrected chi connectivity index (χ0v) is 17.5. The van der Waals surface area contributed by atoms with Crippen LogP contribution in [0.4, 0.5) is 0 Å². The van der Waals surface area contributed by atoms with E-state index in [1.165, 1.54) is 36.1 Å². The first-order valence-electron chi connectivity index (χ1n) is 8.37. The molecule has 0 aliphatic heterocycles. The van der Waals surface area contributed by atoms with Crippen LogP contribution < -0.4 is 10.3 Å². The third-order valence-electron chi connectivity index (χ3n) is 4.29. The summed E-state index contributed by atoms with van der Waals surface area (Å²) in [6.07, 6.45) is 2.47. The molecular formula is C19H14BrN3O5S. The summed E-state index contributed by atoms with van der Waals surface area (Å²) in [5.74, 6) is 0.187. The number of methoxy groups -OCH3 is 1. The maximum atomic E-state index is 12.7. The molecule has 0 amide bonds. The highest BCUT2D eigenvalue weighted by Crippen LogP contribution is 2.28. The van der Waals surface area contributed by atoms with Crippen molar-refractivity contribution in [2.75, 3.05) is 7.11 Å². The van der Waals surface area contributed by atoms with Crippen LogP contribution >= 0.6 is 15.9 Å². The van der Waals surface area contributed by atoms with Crippen LogP contribution in [0, 0.1) is 0 Å². The van der Waals surface area contributed by atoms with Crippen LogP contribution in [0.15, 0.2) is 73.6 Å². The molecule has 0 aliphatic rings. The number of rotatable bonds is 5. The van der Waals surface area contributed by atoms with Crippen molar-refractivity contribution in [1.29, 1.82) is 0 Å². The van der Waals surface area contributed by atoms with Crippen LogP contribution in [-0.4, -0.2) is 30.2 Å². The summed E-state index contributed by atoms with van der Waals surface area (Å²) in [6.45, 7) is 0. The van der Waals surface area contributed by atoms with E-state index in [0.717, 1.165) is 10.7 Å². The number of aromatic nitrogens is 3. The Balaban J connectivity index is 1.87. The van der Waals surface area contributed by atoms with Gasteiger partial charge in [-0.3, -0.25) is 9.36 Å². The normalized spacial score (nSPS) is 11.7. The summed E-state index contributed by atoms with van der Waals surface area (Å²) in [5, 5.41) is 3.65. The molecule has 0 unspecified atom stereocenters. The van der Waals surface area contributed by atoms with Crippen LogP contribution in [0.1, 0.15) is 5.69 Å². The average Bonchev–Trinajstić information content (AvgIpc) is 3.20. The maximum absolute atomic E-state index is 12.7. The summed E-state index contributed by atoms with van der Waals surface area (Å²) >= 11 is 3.38. The molecule has 0 aliphatic carbocycles. The Morgan fingerprint density at radius 2 is 2.00 bits per heavy atom. The van der Waals surface area contributed by atoms with E-state index in [9.17, 15) is 13.2 Å². The highest BCUT2D eigenvalue weighted by Gasteiger charge is 2.19. The van der Waals surface area contributed by atoms with Gasteiger partial charge in [0.25, 0.3) is 5.56 Å². The molecule has 0 atom stereocenters. The van der Waals surface area contributed by atoms with Crippen molar-refractivity contribution in [3.05, 3.63) is 75.4 Å². The van der Waals surface area contributed by atoms with Gasteiger partial charge in [-0.05, 0) is 36.4 Å². The number of sulfone groups is 1. The number of hydrogen-bond acceptors (Lipinski definition) is 7. The molecule has 4 aromatic rings. The summed E-state index contributed by atoms with van der Waals surface area (Å²) in [6, 6.07) is 11.2. The Morgan fingerprint density at radius 1 is 1.17 bits per heavy atom. The fourth-order valence-electron chi connectivity index (χ4n) is 2.97. The smallest absolute Gasteiger partial charge is 0.274 e. The summed E-state index contributed by atoms with van der Waals surface area (Å²) in [5.41, 5.74) is 1.28. The SMILES string of the molecule is COc1cc(Br)ccc1-n1c(=O)cnc2cc(S(=O)(=O)Cc3ccon3)ccc21. The highest BCUT2D eigenvalue weighted by atomic mass is 79.9. The lowest BCUT2D eigenvalue weighted by atomic mass is 10.2. The molecule has 2 aromatic carbocycles. The Morgan fingerprint density at radius 3 is 2.72 bits per heavy atom. The summed E-state index contributed by atoms with van der Waals surface area (Å²) < 4.78 is 37.7. The van der Waals surface area contributed by atoms with Crippen molar-refractivity contribution in [3.8, 4) is 11.4 Å². The number of benzene rings is 2. The first-order chi connectivity index (χ1) is 13.9. The molecule has 8 nitrogen and oxygen atoms in total. The maximum Gasteiger partial charge on any atom is 0.274 e. The van der Waals surface area contributed by atoms with Gasteiger partial charge >= 0.3 is 0 Å². The number of nitrogens with zero attached hydrogens (tertiary/aromatic N) is 3. The van der Waals surface area contributed by atoms with Crippen LogP contribution in [0.3, 0.4) is 0 Å². The predicted molar refractivity (Wildman–Crippen MR) is 109 cm³/mol. The van der Waals surface area contributed by atoms with E-state index in [1.54, 1.807) is 24.3 Å². The van der Waals surface area contributed by atoms with E-state index in [0.29, 0.717) is 28.2 Å². The van der Waals surface area contributed by atoms with E-state index in [-0.39, 0.29) is 16.2 Å². The van der Waals surface area contributed by atoms with Crippen LogP contribution in [-0.2, 0) is 15.6 Å². The van der Waals surface area contributed by atoms with E-state index >= 15 is 0 Å². The molecule has 0 fully saturated rings. The minimum absolute atomic E-state index is 0.0773.